The number of sulfonamides is 1. The van der Waals surface area contributed by atoms with Gasteiger partial charge in [-0.25, -0.2) is 8.42 Å². The van der Waals surface area contributed by atoms with Gasteiger partial charge in [-0.15, -0.1) is 0 Å². The molecular formula is C19H22Cl2N2O4S. The first-order valence-electron chi connectivity index (χ1n) is 8.51. The van der Waals surface area contributed by atoms with E-state index in [2.05, 4.69) is 5.32 Å². The number of benzene rings is 2. The number of carbonyl (C=O) groups excluding carboxylic acids is 1. The fourth-order valence-electron chi connectivity index (χ4n) is 2.67. The number of anilines is 1. The first kappa shape index (κ1) is 22.3. The first-order chi connectivity index (χ1) is 13.2. The van der Waals surface area contributed by atoms with Crippen LogP contribution in [0.15, 0.2) is 42.5 Å². The Morgan fingerprint density at radius 1 is 1.14 bits per heavy atom. The maximum atomic E-state index is 12.6. The van der Waals surface area contributed by atoms with E-state index in [1.807, 2.05) is 31.2 Å². The van der Waals surface area contributed by atoms with Gasteiger partial charge in [-0.1, -0.05) is 42.3 Å². The van der Waals surface area contributed by atoms with E-state index in [1.54, 1.807) is 7.11 Å². The summed E-state index contributed by atoms with van der Waals surface area (Å²) in [6.45, 7) is 1.56. The molecule has 9 heteroatoms. The summed E-state index contributed by atoms with van der Waals surface area (Å²) in [5.74, 6) is 0.284. The second-order valence-corrected chi connectivity index (χ2v) is 8.89. The summed E-state index contributed by atoms with van der Waals surface area (Å²) < 4.78 is 30.6. The Bertz CT molecular complexity index is 933. The van der Waals surface area contributed by atoms with Gasteiger partial charge in [0.25, 0.3) is 0 Å². The predicted molar refractivity (Wildman–Crippen MR) is 113 cm³/mol. The van der Waals surface area contributed by atoms with E-state index in [1.165, 1.54) is 18.2 Å². The summed E-state index contributed by atoms with van der Waals surface area (Å²) in [5.41, 5.74) is 1.17. The van der Waals surface area contributed by atoms with Crippen LogP contribution in [-0.4, -0.2) is 34.2 Å². The van der Waals surface area contributed by atoms with Crippen molar-refractivity contribution < 1.29 is 17.9 Å². The Balaban J connectivity index is 2.19. The molecule has 1 N–H and O–H groups in total. The number of nitrogens with one attached hydrogen (secondary N) is 1. The molecule has 152 valence electrons. The number of hydrogen-bond donors (Lipinski definition) is 1. The zero-order chi connectivity index (χ0) is 20.9. The average molecular weight is 445 g/mol. The van der Waals surface area contributed by atoms with E-state index in [9.17, 15) is 13.2 Å². The summed E-state index contributed by atoms with van der Waals surface area (Å²) in [6.07, 6.45) is 1.67. The van der Waals surface area contributed by atoms with Crippen molar-refractivity contribution in [3.05, 3.63) is 58.1 Å². The van der Waals surface area contributed by atoms with Crippen LogP contribution in [0.4, 0.5) is 5.69 Å². The molecule has 0 fully saturated rings. The van der Waals surface area contributed by atoms with Crippen molar-refractivity contribution in [2.45, 2.75) is 19.4 Å². The lowest BCUT2D eigenvalue weighted by Gasteiger charge is -2.24. The van der Waals surface area contributed by atoms with Crippen molar-refractivity contribution in [1.29, 1.82) is 0 Å². The SMILES string of the molecule is CCC(NC(=O)CN(c1ccc(Cl)c(Cl)c1)S(C)(=O)=O)c1ccc(OC)cc1. The molecule has 0 aromatic heterocycles. The molecule has 2 rings (SSSR count). The number of nitrogens with zero attached hydrogens (tertiary/aromatic N) is 1. The van der Waals surface area contributed by atoms with E-state index in [0.717, 1.165) is 16.1 Å². The number of methoxy groups -OCH3 is 1. The molecule has 28 heavy (non-hydrogen) atoms. The minimum absolute atomic E-state index is 0.206. The fourth-order valence-corrected chi connectivity index (χ4v) is 3.81. The molecule has 0 heterocycles. The number of rotatable bonds is 8. The molecule has 0 aliphatic carbocycles. The number of ether oxygens (including phenoxy) is 1. The lowest BCUT2D eigenvalue weighted by Crippen LogP contribution is -2.41. The van der Waals surface area contributed by atoms with Gasteiger partial charge >= 0.3 is 0 Å². The molecule has 6 nitrogen and oxygen atoms in total. The molecule has 0 aliphatic rings. The van der Waals surface area contributed by atoms with E-state index < -0.39 is 15.9 Å². The molecule has 1 amide bonds. The van der Waals surface area contributed by atoms with E-state index in [-0.39, 0.29) is 23.3 Å². The Morgan fingerprint density at radius 2 is 1.79 bits per heavy atom. The summed E-state index contributed by atoms with van der Waals surface area (Å²) >= 11 is 11.9. The summed E-state index contributed by atoms with van der Waals surface area (Å²) in [4.78, 5) is 12.6. The van der Waals surface area contributed by atoms with Crippen molar-refractivity contribution in [2.24, 2.45) is 0 Å². The maximum absolute atomic E-state index is 12.6. The minimum atomic E-state index is -3.70. The first-order valence-corrected chi connectivity index (χ1v) is 11.1. The van der Waals surface area contributed by atoms with Crippen LogP contribution >= 0.6 is 23.2 Å². The van der Waals surface area contributed by atoms with Crippen LogP contribution in [0.5, 0.6) is 5.75 Å². The average Bonchev–Trinajstić information content (AvgIpc) is 2.65. The Morgan fingerprint density at radius 3 is 2.29 bits per heavy atom. The van der Waals surface area contributed by atoms with Crippen molar-refractivity contribution in [3.8, 4) is 5.75 Å². The number of halogens is 2. The molecule has 2 aromatic carbocycles. The minimum Gasteiger partial charge on any atom is -0.497 e. The van der Waals surface area contributed by atoms with Crippen molar-refractivity contribution >= 4 is 44.8 Å². The highest BCUT2D eigenvalue weighted by Crippen LogP contribution is 2.28. The van der Waals surface area contributed by atoms with Gasteiger partial charge in [0.1, 0.15) is 12.3 Å². The highest BCUT2D eigenvalue weighted by Gasteiger charge is 2.23. The van der Waals surface area contributed by atoms with Gasteiger partial charge in [0.15, 0.2) is 0 Å². The second-order valence-electron chi connectivity index (χ2n) is 6.17. The zero-order valence-electron chi connectivity index (χ0n) is 15.8. The molecule has 0 saturated carbocycles. The monoisotopic (exact) mass is 444 g/mol. The van der Waals surface area contributed by atoms with Crippen LogP contribution in [0.1, 0.15) is 24.9 Å². The van der Waals surface area contributed by atoms with Gasteiger partial charge in [0.05, 0.1) is 35.1 Å². The lowest BCUT2D eigenvalue weighted by molar-refractivity contribution is -0.120. The third-order valence-electron chi connectivity index (χ3n) is 4.14. The predicted octanol–water partition coefficient (Wildman–Crippen LogP) is 4.04. The molecule has 0 aliphatic heterocycles. The van der Waals surface area contributed by atoms with Gasteiger partial charge in [0, 0.05) is 0 Å². The number of hydrogen-bond acceptors (Lipinski definition) is 4. The Hall–Kier alpha value is -1.96. The standard InChI is InChI=1S/C19H22Cl2N2O4S/c1-4-18(13-5-8-15(27-2)9-6-13)22-19(24)12-23(28(3,25)26)14-7-10-16(20)17(21)11-14/h5-11,18H,4,12H2,1-3H3,(H,22,24). The van der Waals surface area contributed by atoms with Crippen LogP contribution in [-0.2, 0) is 14.8 Å². The summed E-state index contributed by atoms with van der Waals surface area (Å²) in [6, 6.07) is 11.5. The van der Waals surface area contributed by atoms with Crippen LogP contribution < -0.4 is 14.4 Å². The quantitative estimate of drug-likeness (QED) is 0.666. The molecule has 1 atom stereocenters. The molecule has 1 unspecified atom stereocenters. The number of carbonyl (C=O) groups is 1. The summed E-state index contributed by atoms with van der Waals surface area (Å²) in [5, 5.41) is 3.38. The van der Waals surface area contributed by atoms with E-state index >= 15 is 0 Å². The van der Waals surface area contributed by atoms with E-state index in [4.69, 9.17) is 27.9 Å². The van der Waals surface area contributed by atoms with Crippen LogP contribution in [0.3, 0.4) is 0 Å². The highest BCUT2D eigenvalue weighted by molar-refractivity contribution is 7.92. The van der Waals surface area contributed by atoms with Crippen LogP contribution in [0.2, 0.25) is 10.0 Å². The Labute approximate surface area is 175 Å². The van der Waals surface area contributed by atoms with Crippen molar-refractivity contribution in [2.75, 3.05) is 24.2 Å². The molecule has 0 bridgehead atoms. The summed E-state index contributed by atoms with van der Waals surface area (Å²) in [7, 11) is -2.12. The third-order valence-corrected chi connectivity index (χ3v) is 6.02. The van der Waals surface area contributed by atoms with E-state index in [0.29, 0.717) is 17.2 Å². The topological polar surface area (TPSA) is 75.7 Å². The van der Waals surface area contributed by atoms with Crippen LogP contribution in [0, 0.1) is 0 Å². The van der Waals surface area contributed by atoms with Crippen molar-refractivity contribution in [1.82, 2.24) is 5.32 Å². The fraction of sp³-hybridized carbons (Fsp3) is 0.316. The zero-order valence-corrected chi connectivity index (χ0v) is 18.1. The third kappa shape index (κ3) is 5.77. The molecule has 0 radical (unpaired) electrons. The van der Waals surface area contributed by atoms with Gasteiger partial charge in [-0.3, -0.25) is 9.10 Å². The smallest absolute Gasteiger partial charge is 0.241 e. The van der Waals surface area contributed by atoms with Gasteiger partial charge in [-0.2, -0.15) is 0 Å². The van der Waals surface area contributed by atoms with Crippen molar-refractivity contribution in [3.63, 3.8) is 0 Å². The maximum Gasteiger partial charge on any atom is 0.241 e. The van der Waals surface area contributed by atoms with Crippen LogP contribution in [0.25, 0.3) is 0 Å². The molecule has 0 saturated heterocycles. The molecular weight excluding hydrogens is 423 g/mol. The lowest BCUT2D eigenvalue weighted by atomic mass is 10.0. The number of amides is 1. The van der Waals surface area contributed by atoms with Gasteiger partial charge < -0.3 is 10.1 Å². The molecule has 2 aromatic rings. The second kappa shape index (κ2) is 9.49. The van der Waals surface area contributed by atoms with Gasteiger partial charge in [0.2, 0.25) is 15.9 Å². The Kier molecular flexibility index (Phi) is 7.57. The largest absolute Gasteiger partial charge is 0.497 e. The highest BCUT2D eigenvalue weighted by atomic mass is 35.5. The normalized spacial score (nSPS) is 12.3. The van der Waals surface area contributed by atoms with Gasteiger partial charge in [-0.05, 0) is 42.3 Å². The molecule has 0 spiro atoms.